The monoisotopic (exact) mass is 449 g/mol. The van der Waals surface area contributed by atoms with Crippen molar-refractivity contribution in [3.05, 3.63) is 118 Å². The van der Waals surface area contributed by atoms with Crippen molar-refractivity contribution in [2.45, 2.75) is 13.5 Å². The van der Waals surface area contributed by atoms with Gasteiger partial charge in [0.2, 0.25) is 5.56 Å². The molecule has 0 bridgehead atoms. The van der Waals surface area contributed by atoms with Crippen LogP contribution >= 0.6 is 0 Å². The number of anilines is 2. The number of nitrogens with one attached hydrogen (secondary N) is 3. The predicted octanol–water partition coefficient (Wildman–Crippen LogP) is 4.67. The summed E-state index contributed by atoms with van der Waals surface area (Å²) in [5.74, 6) is -0.120. The van der Waals surface area contributed by atoms with Crippen LogP contribution in [0.15, 0.2) is 96.2 Å². The van der Waals surface area contributed by atoms with Crippen LogP contribution in [0, 0.1) is 6.92 Å². The van der Waals surface area contributed by atoms with Crippen molar-refractivity contribution in [3.8, 4) is 11.3 Å². The highest BCUT2D eigenvalue weighted by Crippen LogP contribution is 2.27. The summed E-state index contributed by atoms with van der Waals surface area (Å²) < 4.78 is 1.93. The second-order valence-electron chi connectivity index (χ2n) is 8.07. The highest BCUT2D eigenvalue weighted by atomic mass is 16.1. The van der Waals surface area contributed by atoms with Gasteiger partial charge in [0.05, 0.1) is 11.4 Å². The lowest BCUT2D eigenvalue weighted by atomic mass is 10.1. The zero-order valence-electron chi connectivity index (χ0n) is 18.6. The molecule has 5 aromatic rings. The fourth-order valence-electron chi connectivity index (χ4n) is 3.80. The lowest BCUT2D eigenvalue weighted by molar-refractivity contribution is 0.0951. The molecule has 5 rings (SSSR count). The zero-order chi connectivity index (χ0) is 23.5. The van der Waals surface area contributed by atoms with Crippen LogP contribution in [-0.2, 0) is 6.54 Å². The van der Waals surface area contributed by atoms with E-state index in [1.165, 1.54) is 5.56 Å². The summed E-state index contributed by atoms with van der Waals surface area (Å²) in [5.41, 5.74) is 6.74. The van der Waals surface area contributed by atoms with Crippen molar-refractivity contribution in [2.75, 3.05) is 5.32 Å². The molecule has 7 nitrogen and oxygen atoms in total. The van der Waals surface area contributed by atoms with Crippen molar-refractivity contribution in [1.29, 1.82) is 0 Å². The fourth-order valence-corrected chi connectivity index (χ4v) is 3.80. The summed E-state index contributed by atoms with van der Waals surface area (Å²) >= 11 is 0. The topological polar surface area (TPSA) is 91.3 Å². The second-order valence-corrected chi connectivity index (χ2v) is 8.07. The van der Waals surface area contributed by atoms with E-state index in [-0.39, 0.29) is 11.5 Å². The number of H-pyrrole nitrogens is 1. The normalized spacial score (nSPS) is 10.9. The number of benzene rings is 2. The maximum Gasteiger partial charge on any atom is 0.251 e. The van der Waals surface area contributed by atoms with Gasteiger partial charge >= 0.3 is 0 Å². The number of aryl methyl sites for hydroxylation is 1. The van der Waals surface area contributed by atoms with E-state index in [0.29, 0.717) is 12.1 Å². The third kappa shape index (κ3) is 4.45. The Morgan fingerprint density at radius 2 is 1.79 bits per heavy atom. The lowest BCUT2D eigenvalue weighted by Crippen LogP contribution is -2.22. The molecule has 0 aliphatic rings. The average Bonchev–Trinajstić information content (AvgIpc) is 3.35. The van der Waals surface area contributed by atoms with Gasteiger partial charge < -0.3 is 15.6 Å². The van der Waals surface area contributed by atoms with Crippen molar-refractivity contribution in [3.63, 3.8) is 0 Å². The van der Waals surface area contributed by atoms with Crippen LogP contribution in [0.2, 0.25) is 0 Å². The van der Waals surface area contributed by atoms with Gasteiger partial charge in [-0.3, -0.25) is 14.0 Å². The quantitative estimate of drug-likeness (QED) is 0.351. The minimum absolute atomic E-state index is 0.120. The van der Waals surface area contributed by atoms with Gasteiger partial charge in [-0.1, -0.05) is 29.8 Å². The summed E-state index contributed by atoms with van der Waals surface area (Å²) in [6.45, 7) is 2.52. The Bertz CT molecular complexity index is 1520. The number of carbonyl (C=O) groups excluding carboxylic acids is 1. The largest absolute Gasteiger partial charge is 0.352 e. The van der Waals surface area contributed by atoms with Gasteiger partial charge in [-0.2, -0.15) is 0 Å². The molecule has 0 saturated carbocycles. The number of aromatic nitrogens is 3. The van der Waals surface area contributed by atoms with E-state index in [9.17, 15) is 9.59 Å². The molecule has 34 heavy (non-hydrogen) atoms. The van der Waals surface area contributed by atoms with Crippen molar-refractivity contribution < 1.29 is 4.79 Å². The van der Waals surface area contributed by atoms with Crippen LogP contribution in [-0.4, -0.2) is 20.3 Å². The minimum atomic E-state index is -0.157. The second kappa shape index (κ2) is 9.07. The SMILES string of the molecule is Cc1ccc(CNC(=O)c2ccc(Nc3ccc(-c4cc[nH]c(=O)c4)n4ccnc34)cc2)cc1. The van der Waals surface area contributed by atoms with Crippen molar-refractivity contribution in [1.82, 2.24) is 19.7 Å². The number of amides is 1. The highest BCUT2D eigenvalue weighted by molar-refractivity contribution is 5.94. The summed E-state index contributed by atoms with van der Waals surface area (Å²) in [6, 6.07) is 22.7. The number of nitrogens with zero attached hydrogens (tertiary/aromatic N) is 2. The summed E-state index contributed by atoms with van der Waals surface area (Å²) in [7, 11) is 0. The maximum atomic E-state index is 12.5. The molecule has 0 aliphatic heterocycles. The number of imidazole rings is 1. The van der Waals surface area contributed by atoms with Crippen LogP contribution in [0.5, 0.6) is 0 Å². The standard InChI is InChI=1S/C27H23N5O2/c1-18-2-4-19(5-3-18)17-30-27(34)20-6-8-22(9-7-20)31-23-10-11-24(32-15-14-29-26(23)32)21-12-13-28-25(33)16-21/h2-16,31H,17H2,1H3,(H,28,33)(H,30,34). The van der Waals surface area contributed by atoms with Gasteiger partial charge in [-0.05, 0) is 55.0 Å². The number of aromatic amines is 1. The Balaban J connectivity index is 1.31. The van der Waals surface area contributed by atoms with Gasteiger partial charge in [-0.25, -0.2) is 4.98 Å². The van der Waals surface area contributed by atoms with Gasteiger partial charge in [0.1, 0.15) is 0 Å². The maximum absolute atomic E-state index is 12.5. The van der Waals surface area contributed by atoms with Crippen LogP contribution in [0.3, 0.4) is 0 Å². The van der Waals surface area contributed by atoms with E-state index in [4.69, 9.17) is 0 Å². The smallest absolute Gasteiger partial charge is 0.251 e. The number of carbonyl (C=O) groups is 1. The predicted molar refractivity (Wildman–Crippen MR) is 133 cm³/mol. The molecule has 0 fully saturated rings. The first kappa shape index (κ1) is 21.2. The Morgan fingerprint density at radius 1 is 1.00 bits per heavy atom. The third-order valence-electron chi connectivity index (χ3n) is 5.62. The zero-order valence-corrected chi connectivity index (χ0v) is 18.6. The molecule has 3 heterocycles. The Kier molecular flexibility index (Phi) is 5.66. The van der Waals surface area contributed by atoms with Crippen molar-refractivity contribution >= 4 is 22.9 Å². The first-order valence-corrected chi connectivity index (χ1v) is 10.9. The molecule has 0 saturated heterocycles. The minimum Gasteiger partial charge on any atom is -0.352 e. The van der Waals surface area contributed by atoms with E-state index in [1.807, 2.05) is 72.1 Å². The molecular weight excluding hydrogens is 426 g/mol. The fraction of sp³-hybridized carbons (Fsp3) is 0.0741. The van der Waals surface area contributed by atoms with E-state index in [0.717, 1.165) is 33.8 Å². The molecule has 2 aromatic carbocycles. The number of hydrogen-bond donors (Lipinski definition) is 3. The third-order valence-corrected chi connectivity index (χ3v) is 5.62. The average molecular weight is 450 g/mol. The Morgan fingerprint density at radius 3 is 2.56 bits per heavy atom. The van der Waals surface area contributed by atoms with Crippen LogP contribution in [0.1, 0.15) is 21.5 Å². The molecule has 168 valence electrons. The molecule has 3 N–H and O–H groups in total. The van der Waals surface area contributed by atoms with E-state index < -0.39 is 0 Å². The first-order chi connectivity index (χ1) is 16.6. The molecule has 0 radical (unpaired) electrons. The first-order valence-electron chi connectivity index (χ1n) is 10.9. The number of pyridine rings is 2. The molecule has 0 atom stereocenters. The van der Waals surface area contributed by atoms with E-state index >= 15 is 0 Å². The molecular formula is C27H23N5O2. The highest BCUT2D eigenvalue weighted by Gasteiger charge is 2.10. The molecule has 3 aromatic heterocycles. The molecule has 7 heteroatoms. The van der Waals surface area contributed by atoms with Crippen LogP contribution in [0.4, 0.5) is 11.4 Å². The summed E-state index contributed by atoms with van der Waals surface area (Å²) in [4.78, 5) is 31.4. The van der Waals surface area contributed by atoms with Gasteiger partial charge in [0.25, 0.3) is 5.91 Å². The van der Waals surface area contributed by atoms with Crippen LogP contribution < -0.4 is 16.2 Å². The Labute approximate surface area is 196 Å². The van der Waals surface area contributed by atoms with Gasteiger partial charge in [-0.15, -0.1) is 0 Å². The van der Waals surface area contributed by atoms with Gasteiger partial charge in [0, 0.05) is 48.0 Å². The molecule has 0 unspecified atom stereocenters. The van der Waals surface area contributed by atoms with E-state index in [1.54, 1.807) is 30.6 Å². The molecule has 1 amide bonds. The number of hydrogen-bond acceptors (Lipinski definition) is 4. The number of rotatable bonds is 6. The number of fused-ring (bicyclic) bond motifs is 1. The van der Waals surface area contributed by atoms with Gasteiger partial charge in [0.15, 0.2) is 5.65 Å². The van der Waals surface area contributed by atoms with E-state index in [2.05, 4.69) is 20.6 Å². The molecule has 0 spiro atoms. The summed E-state index contributed by atoms with van der Waals surface area (Å²) in [6.07, 6.45) is 5.21. The Hall–Kier alpha value is -4.65. The lowest BCUT2D eigenvalue weighted by Gasteiger charge is -2.12. The van der Waals surface area contributed by atoms with Crippen molar-refractivity contribution in [2.24, 2.45) is 0 Å². The van der Waals surface area contributed by atoms with Crippen LogP contribution in [0.25, 0.3) is 16.9 Å². The molecule has 0 aliphatic carbocycles. The summed E-state index contributed by atoms with van der Waals surface area (Å²) in [5, 5.41) is 6.32.